The number of carboxylic acid groups (broad SMARTS) is 1. The van der Waals surface area contributed by atoms with Crippen LogP contribution in [0.5, 0.6) is 0 Å². The van der Waals surface area contributed by atoms with Gasteiger partial charge < -0.3 is 15.3 Å². The number of fused-ring (bicyclic) bond motifs is 1. The van der Waals surface area contributed by atoms with Gasteiger partial charge in [0, 0.05) is 31.6 Å². The van der Waals surface area contributed by atoms with Gasteiger partial charge in [-0.05, 0) is 18.1 Å². The van der Waals surface area contributed by atoms with Crippen molar-refractivity contribution in [2.75, 3.05) is 31.1 Å². The zero-order valence-corrected chi connectivity index (χ0v) is 12.1. The number of hydrogen-bond donors (Lipinski definition) is 2. The molecule has 110 valence electrons. The third-order valence-electron chi connectivity index (χ3n) is 3.96. The van der Waals surface area contributed by atoms with E-state index in [1.807, 2.05) is 18.2 Å². The molecule has 0 saturated carbocycles. The molecule has 0 radical (unpaired) electrons. The molecule has 2 N–H and O–H groups in total. The molecule has 0 atom stereocenters. The molecule has 1 aromatic carbocycles. The molecule has 2 aromatic rings. The van der Waals surface area contributed by atoms with Crippen molar-refractivity contribution in [2.24, 2.45) is 0 Å². The number of piperazine rings is 1. The molecular formula is C16H19N3O2. The van der Waals surface area contributed by atoms with Gasteiger partial charge in [0.05, 0.1) is 11.1 Å². The molecular weight excluding hydrogens is 266 g/mol. The average molecular weight is 285 g/mol. The van der Waals surface area contributed by atoms with Crippen LogP contribution in [0.4, 0.5) is 5.82 Å². The molecule has 1 aromatic heterocycles. The number of aryl methyl sites for hydroxylation is 1. The van der Waals surface area contributed by atoms with Crippen LogP contribution >= 0.6 is 0 Å². The summed E-state index contributed by atoms with van der Waals surface area (Å²) in [6.45, 7) is 5.57. The number of aromatic carboxylic acids is 1. The summed E-state index contributed by atoms with van der Waals surface area (Å²) in [5, 5.41) is 13.5. The number of carbonyl (C=O) groups is 1. The van der Waals surface area contributed by atoms with Gasteiger partial charge in [-0.1, -0.05) is 25.1 Å². The lowest BCUT2D eigenvalue weighted by atomic mass is 10.0. The van der Waals surface area contributed by atoms with Crippen LogP contribution in [0.2, 0.25) is 0 Å². The first-order valence-corrected chi connectivity index (χ1v) is 7.32. The maximum Gasteiger partial charge on any atom is 0.336 e. The summed E-state index contributed by atoms with van der Waals surface area (Å²) in [6, 6.07) is 7.46. The summed E-state index contributed by atoms with van der Waals surface area (Å²) in [7, 11) is 0. The van der Waals surface area contributed by atoms with Gasteiger partial charge in [-0.2, -0.15) is 0 Å². The molecule has 0 bridgehead atoms. The van der Waals surface area contributed by atoms with Gasteiger partial charge in [0.1, 0.15) is 5.82 Å². The molecule has 3 rings (SSSR count). The number of anilines is 1. The first-order chi connectivity index (χ1) is 10.2. The Balaban J connectivity index is 2.19. The Bertz CT molecular complexity index is 679. The largest absolute Gasteiger partial charge is 0.478 e. The van der Waals surface area contributed by atoms with Crippen molar-refractivity contribution in [3.63, 3.8) is 0 Å². The normalized spacial score (nSPS) is 15.4. The number of rotatable bonds is 3. The third-order valence-corrected chi connectivity index (χ3v) is 3.96. The summed E-state index contributed by atoms with van der Waals surface area (Å²) in [5.74, 6) is -0.130. The Kier molecular flexibility index (Phi) is 3.75. The number of benzene rings is 1. The fraction of sp³-hybridized carbons (Fsp3) is 0.375. The zero-order chi connectivity index (χ0) is 14.8. The topological polar surface area (TPSA) is 65.5 Å². The fourth-order valence-corrected chi connectivity index (χ4v) is 2.81. The van der Waals surface area contributed by atoms with Crippen LogP contribution in [0.15, 0.2) is 24.3 Å². The number of pyridine rings is 1. The summed E-state index contributed by atoms with van der Waals surface area (Å²) >= 11 is 0. The number of nitrogens with zero attached hydrogens (tertiary/aromatic N) is 2. The lowest BCUT2D eigenvalue weighted by Crippen LogP contribution is -2.44. The van der Waals surface area contributed by atoms with E-state index in [1.165, 1.54) is 0 Å². The quantitative estimate of drug-likeness (QED) is 0.901. The van der Waals surface area contributed by atoms with E-state index in [-0.39, 0.29) is 0 Å². The van der Waals surface area contributed by atoms with Crippen LogP contribution in [0.1, 0.15) is 22.8 Å². The van der Waals surface area contributed by atoms with Crippen molar-refractivity contribution in [3.05, 3.63) is 35.4 Å². The Labute approximate surface area is 123 Å². The van der Waals surface area contributed by atoms with Gasteiger partial charge >= 0.3 is 5.97 Å². The van der Waals surface area contributed by atoms with Crippen LogP contribution in [-0.2, 0) is 6.42 Å². The Hall–Kier alpha value is -2.14. The molecule has 0 aliphatic carbocycles. The van der Waals surface area contributed by atoms with Crippen LogP contribution < -0.4 is 10.2 Å². The van der Waals surface area contributed by atoms with Crippen molar-refractivity contribution in [2.45, 2.75) is 13.3 Å². The second kappa shape index (κ2) is 5.69. The molecule has 0 spiro atoms. The molecule has 1 saturated heterocycles. The lowest BCUT2D eigenvalue weighted by molar-refractivity contribution is 0.0699. The maximum absolute atomic E-state index is 11.6. The van der Waals surface area contributed by atoms with E-state index in [9.17, 15) is 9.90 Å². The predicted molar refractivity (Wildman–Crippen MR) is 83.2 cm³/mol. The van der Waals surface area contributed by atoms with Crippen molar-refractivity contribution < 1.29 is 9.90 Å². The highest BCUT2D eigenvalue weighted by Gasteiger charge is 2.18. The minimum atomic E-state index is -0.896. The minimum absolute atomic E-state index is 0.337. The van der Waals surface area contributed by atoms with Gasteiger partial charge in [0.2, 0.25) is 0 Å². The molecule has 0 amide bonds. The van der Waals surface area contributed by atoms with Gasteiger partial charge in [-0.25, -0.2) is 9.78 Å². The van der Waals surface area contributed by atoms with E-state index in [4.69, 9.17) is 4.98 Å². The van der Waals surface area contributed by atoms with Gasteiger partial charge in [0.15, 0.2) is 0 Å². The van der Waals surface area contributed by atoms with Gasteiger partial charge in [-0.15, -0.1) is 0 Å². The van der Waals surface area contributed by atoms with Crippen LogP contribution in [0.25, 0.3) is 10.9 Å². The zero-order valence-electron chi connectivity index (χ0n) is 12.1. The standard InChI is InChI=1S/C16H19N3O2/c1-2-11-4-3-5-12-13(16(20)21)10-14(18-15(11)12)19-8-6-17-7-9-19/h3-5,10,17H,2,6-9H2,1H3,(H,20,21). The number of nitrogens with one attached hydrogen (secondary N) is 1. The highest BCUT2D eigenvalue weighted by atomic mass is 16.4. The molecule has 1 fully saturated rings. The maximum atomic E-state index is 11.6. The SMILES string of the molecule is CCc1cccc2c(C(=O)O)cc(N3CCNCC3)nc12. The highest BCUT2D eigenvalue weighted by Crippen LogP contribution is 2.26. The average Bonchev–Trinajstić information content (AvgIpc) is 2.53. The van der Waals surface area contributed by atoms with Crippen molar-refractivity contribution >= 4 is 22.7 Å². The Morgan fingerprint density at radius 1 is 1.38 bits per heavy atom. The number of hydrogen-bond acceptors (Lipinski definition) is 4. The Morgan fingerprint density at radius 2 is 2.14 bits per heavy atom. The van der Waals surface area contributed by atoms with Crippen molar-refractivity contribution in [1.82, 2.24) is 10.3 Å². The van der Waals surface area contributed by atoms with E-state index in [1.54, 1.807) is 6.07 Å². The second-order valence-corrected chi connectivity index (χ2v) is 5.24. The summed E-state index contributed by atoms with van der Waals surface area (Å²) in [6.07, 6.45) is 0.842. The molecule has 5 heteroatoms. The molecule has 1 aliphatic heterocycles. The van der Waals surface area contributed by atoms with Crippen LogP contribution in [-0.4, -0.2) is 42.2 Å². The van der Waals surface area contributed by atoms with Gasteiger partial charge in [0.25, 0.3) is 0 Å². The smallest absolute Gasteiger partial charge is 0.336 e. The van der Waals surface area contributed by atoms with Crippen molar-refractivity contribution in [3.8, 4) is 0 Å². The monoisotopic (exact) mass is 285 g/mol. The first-order valence-electron chi connectivity index (χ1n) is 7.32. The van der Waals surface area contributed by atoms with E-state index in [2.05, 4.69) is 17.1 Å². The first kappa shape index (κ1) is 13.8. The summed E-state index contributed by atoms with van der Waals surface area (Å²) < 4.78 is 0. The summed E-state index contributed by atoms with van der Waals surface area (Å²) in [4.78, 5) is 18.5. The van der Waals surface area contributed by atoms with E-state index in [0.717, 1.165) is 54.9 Å². The van der Waals surface area contributed by atoms with E-state index < -0.39 is 5.97 Å². The van der Waals surface area contributed by atoms with Crippen molar-refractivity contribution in [1.29, 1.82) is 0 Å². The molecule has 0 unspecified atom stereocenters. The minimum Gasteiger partial charge on any atom is -0.478 e. The predicted octanol–water partition coefficient (Wildman–Crippen LogP) is 1.90. The van der Waals surface area contributed by atoms with Crippen LogP contribution in [0.3, 0.4) is 0 Å². The molecule has 2 heterocycles. The second-order valence-electron chi connectivity index (χ2n) is 5.24. The third kappa shape index (κ3) is 2.56. The summed E-state index contributed by atoms with van der Waals surface area (Å²) in [5.41, 5.74) is 2.24. The molecule has 21 heavy (non-hydrogen) atoms. The molecule has 5 nitrogen and oxygen atoms in total. The van der Waals surface area contributed by atoms with E-state index >= 15 is 0 Å². The Morgan fingerprint density at radius 3 is 2.81 bits per heavy atom. The van der Waals surface area contributed by atoms with E-state index in [0.29, 0.717) is 5.56 Å². The fourth-order valence-electron chi connectivity index (χ4n) is 2.81. The van der Waals surface area contributed by atoms with Crippen LogP contribution in [0, 0.1) is 0 Å². The number of aromatic nitrogens is 1. The van der Waals surface area contributed by atoms with Gasteiger partial charge in [-0.3, -0.25) is 0 Å². The highest BCUT2D eigenvalue weighted by molar-refractivity contribution is 6.04. The lowest BCUT2D eigenvalue weighted by Gasteiger charge is -2.29. The number of para-hydroxylation sites is 1. The number of carboxylic acids is 1. The molecule has 1 aliphatic rings.